The van der Waals surface area contributed by atoms with Gasteiger partial charge in [-0.25, -0.2) is 0 Å². The maximum atomic E-state index is 11.6. The zero-order chi connectivity index (χ0) is 16.3. The summed E-state index contributed by atoms with van der Waals surface area (Å²) >= 11 is 1.99. The molecule has 1 saturated heterocycles. The largest absolute Gasteiger partial charge is 0.354 e. The van der Waals surface area contributed by atoms with E-state index in [1.807, 2.05) is 11.8 Å². The number of carbonyl (C=O) groups is 1. The summed E-state index contributed by atoms with van der Waals surface area (Å²) in [6.45, 7) is 3.46. The van der Waals surface area contributed by atoms with E-state index < -0.39 is 0 Å². The lowest BCUT2D eigenvalue weighted by Crippen LogP contribution is -2.47. The molecular weight excluding hydrogens is 342 g/mol. The molecule has 1 aromatic carbocycles. The summed E-state index contributed by atoms with van der Waals surface area (Å²) in [6, 6.07) is 11.1. The van der Waals surface area contributed by atoms with Crippen molar-refractivity contribution in [1.29, 1.82) is 0 Å². The molecule has 1 unspecified atom stereocenters. The zero-order valence-electron chi connectivity index (χ0n) is 14.3. The lowest BCUT2D eigenvalue weighted by molar-refractivity contribution is -0.121. The normalized spacial score (nSPS) is 18.0. The molecule has 6 heteroatoms. The third-order valence-electron chi connectivity index (χ3n) is 4.29. The van der Waals surface area contributed by atoms with Crippen LogP contribution < -0.4 is 11.1 Å². The van der Waals surface area contributed by atoms with E-state index in [0.29, 0.717) is 19.0 Å². The Bertz CT molecular complexity index is 461. The van der Waals surface area contributed by atoms with E-state index in [4.69, 9.17) is 5.73 Å². The molecule has 3 N–H and O–H groups in total. The van der Waals surface area contributed by atoms with Crippen LogP contribution >= 0.6 is 24.2 Å². The number of piperidine rings is 1. The lowest BCUT2D eigenvalue weighted by Gasteiger charge is -2.35. The summed E-state index contributed by atoms with van der Waals surface area (Å²) in [6.07, 6.45) is 4.16. The standard InChI is InChI=1S/C18H29N3OS.ClH/c19-10-9-18(22)20-14-17-8-4-5-11-21(17)12-13-23-15-16-6-2-1-3-7-16;/h1-3,6-7,17H,4-5,8-15,19H2,(H,20,22);1H. The number of hydrogen-bond acceptors (Lipinski definition) is 4. The van der Waals surface area contributed by atoms with E-state index in [9.17, 15) is 4.79 Å². The third-order valence-corrected chi connectivity index (χ3v) is 5.30. The van der Waals surface area contributed by atoms with Crippen molar-refractivity contribution in [3.63, 3.8) is 0 Å². The molecule has 1 amide bonds. The first-order valence-corrected chi connectivity index (χ1v) is 9.77. The molecular formula is C18H30ClN3OS. The lowest BCUT2D eigenvalue weighted by atomic mass is 10.0. The van der Waals surface area contributed by atoms with Crippen LogP contribution in [0.5, 0.6) is 0 Å². The first kappa shape index (κ1) is 21.3. The molecule has 4 nitrogen and oxygen atoms in total. The topological polar surface area (TPSA) is 58.4 Å². The number of nitrogens with one attached hydrogen (secondary N) is 1. The van der Waals surface area contributed by atoms with E-state index in [2.05, 4.69) is 40.5 Å². The fraction of sp³-hybridized carbons (Fsp3) is 0.611. The van der Waals surface area contributed by atoms with Gasteiger partial charge in [0.15, 0.2) is 0 Å². The van der Waals surface area contributed by atoms with Crippen molar-refractivity contribution < 1.29 is 4.79 Å². The van der Waals surface area contributed by atoms with Gasteiger partial charge in [-0.1, -0.05) is 36.8 Å². The number of benzene rings is 1. The summed E-state index contributed by atoms with van der Waals surface area (Å²) < 4.78 is 0. The van der Waals surface area contributed by atoms with Gasteiger partial charge in [-0.05, 0) is 24.9 Å². The van der Waals surface area contributed by atoms with Crippen molar-refractivity contribution in [1.82, 2.24) is 10.2 Å². The second-order valence-electron chi connectivity index (χ2n) is 6.07. The Kier molecular flexibility index (Phi) is 11.2. The minimum absolute atomic E-state index is 0. The molecule has 24 heavy (non-hydrogen) atoms. The highest BCUT2D eigenvalue weighted by molar-refractivity contribution is 7.98. The van der Waals surface area contributed by atoms with Gasteiger partial charge in [0.25, 0.3) is 0 Å². The van der Waals surface area contributed by atoms with Crippen LogP contribution in [0.4, 0.5) is 0 Å². The first-order chi connectivity index (χ1) is 11.3. The fourth-order valence-electron chi connectivity index (χ4n) is 2.98. The minimum Gasteiger partial charge on any atom is -0.354 e. The Balaban J connectivity index is 0.00000288. The van der Waals surface area contributed by atoms with E-state index >= 15 is 0 Å². The van der Waals surface area contributed by atoms with Gasteiger partial charge < -0.3 is 11.1 Å². The van der Waals surface area contributed by atoms with Crippen LogP contribution in [0.1, 0.15) is 31.2 Å². The predicted molar refractivity (Wildman–Crippen MR) is 106 cm³/mol. The van der Waals surface area contributed by atoms with Crippen LogP contribution in [-0.2, 0) is 10.5 Å². The number of nitrogens with zero attached hydrogens (tertiary/aromatic N) is 1. The molecule has 1 fully saturated rings. The highest BCUT2D eigenvalue weighted by Gasteiger charge is 2.22. The highest BCUT2D eigenvalue weighted by atomic mass is 35.5. The average molecular weight is 372 g/mol. The monoisotopic (exact) mass is 371 g/mol. The number of carbonyl (C=O) groups excluding carboxylic acids is 1. The number of rotatable bonds is 9. The molecule has 1 atom stereocenters. The maximum Gasteiger partial charge on any atom is 0.221 e. The smallest absolute Gasteiger partial charge is 0.221 e. The van der Waals surface area contributed by atoms with Gasteiger partial charge in [0.05, 0.1) is 0 Å². The molecule has 0 bridgehead atoms. The summed E-state index contributed by atoms with van der Waals surface area (Å²) in [4.78, 5) is 14.1. The second kappa shape index (κ2) is 12.6. The third kappa shape index (κ3) is 7.88. The molecule has 0 radical (unpaired) electrons. The Morgan fingerprint density at radius 3 is 2.83 bits per heavy atom. The van der Waals surface area contributed by atoms with Gasteiger partial charge in [0.1, 0.15) is 0 Å². The Morgan fingerprint density at radius 2 is 2.08 bits per heavy atom. The Labute approximate surface area is 156 Å². The van der Waals surface area contributed by atoms with Gasteiger partial charge in [0, 0.05) is 43.6 Å². The number of likely N-dealkylation sites (tertiary alicyclic amines) is 1. The summed E-state index contributed by atoms with van der Waals surface area (Å²) in [7, 11) is 0. The minimum atomic E-state index is 0. The molecule has 1 heterocycles. The predicted octanol–water partition coefficient (Wildman–Crippen LogP) is 2.66. The zero-order valence-corrected chi connectivity index (χ0v) is 15.9. The van der Waals surface area contributed by atoms with Crippen molar-refractivity contribution in [3.8, 4) is 0 Å². The van der Waals surface area contributed by atoms with E-state index in [1.165, 1.54) is 24.8 Å². The van der Waals surface area contributed by atoms with E-state index in [-0.39, 0.29) is 18.3 Å². The molecule has 1 aromatic rings. The van der Waals surface area contributed by atoms with Gasteiger partial charge in [-0.2, -0.15) is 11.8 Å². The number of thioether (sulfide) groups is 1. The molecule has 1 aliphatic rings. The number of hydrogen-bond donors (Lipinski definition) is 2. The number of nitrogens with two attached hydrogens (primary N) is 1. The molecule has 0 aliphatic carbocycles. The Morgan fingerprint density at radius 1 is 1.29 bits per heavy atom. The molecule has 0 aromatic heterocycles. The van der Waals surface area contributed by atoms with Gasteiger partial charge in [-0.3, -0.25) is 9.69 Å². The second-order valence-corrected chi connectivity index (χ2v) is 7.17. The fourth-order valence-corrected chi connectivity index (χ4v) is 3.92. The van der Waals surface area contributed by atoms with Gasteiger partial charge >= 0.3 is 0 Å². The summed E-state index contributed by atoms with van der Waals surface area (Å²) in [5.41, 5.74) is 6.81. The molecule has 2 rings (SSSR count). The van der Waals surface area contributed by atoms with Crippen LogP contribution in [0.15, 0.2) is 30.3 Å². The summed E-state index contributed by atoms with van der Waals surface area (Å²) in [5.74, 6) is 2.30. The molecule has 0 saturated carbocycles. The average Bonchev–Trinajstić information content (AvgIpc) is 2.59. The van der Waals surface area contributed by atoms with E-state index in [0.717, 1.165) is 31.1 Å². The van der Waals surface area contributed by atoms with Crippen molar-refractivity contribution in [2.45, 2.75) is 37.5 Å². The SMILES string of the molecule is Cl.NCCC(=O)NCC1CCCCN1CCSCc1ccccc1. The van der Waals surface area contributed by atoms with Crippen molar-refractivity contribution in [3.05, 3.63) is 35.9 Å². The molecule has 0 spiro atoms. The van der Waals surface area contributed by atoms with Crippen LogP contribution in [0, 0.1) is 0 Å². The van der Waals surface area contributed by atoms with Crippen LogP contribution in [-0.4, -0.2) is 48.8 Å². The van der Waals surface area contributed by atoms with Crippen molar-refractivity contribution in [2.24, 2.45) is 5.73 Å². The Hall–Kier alpha value is -0.750. The quantitative estimate of drug-likeness (QED) is 0.655. The maximum absolute atomic E-state index is 11.6. The number of halogens is 1. The van der Waals surface area contributed by atoms with Crippen LogP contribution in [0.2, 0.25) is 0 Å². The number of amides is 1. The molecule has 1 aliphatic heterocycles. The van der Waals surface area contributed by atoms with Crippen LogP contribution in [0.3, 0.4) is 0 Å². The highest BCUT2D eigenvalue weighted by Crippen LogP contribution is 2.18. The molecule has 136 valence electrons. The van der Waals surface area contributed by atoms with Gasteiger partial charge in [-0.15, -0.1) is 12.4 Å². The van der Waals surface area contributed by atoms with Crippen LogP contribution in [0.25, 0.3) is 0 Å². The van der Waals surface area contributed by atoms with Gasteiger partial charge in [0.2, 0.25) is 5.91 Å². The van der Waals surface area contributed by atoms with E-state index in [1.54, 1.807) is 0 Å². The summed E-state index contributed by atoms with van der Waals surface area (Å²) in [5, 5.41) is 3.03. The van der Waals surface area contributed by atoms with Crippen molar-refractivity contribution in [2.75, 3.05) is 31.9 Å². The van der Waals surface area contributed by atoms with Crippen molar-refractivity contribution >= 4 is 30.1 Å². The first-order valence-electron chi connectivity index (χ1n) is 8.62.